The molecule has 0 saturated carbocycles. The van der Waals surface area contributed by atoms with E-state index in [4.69, 9.17) is 11.5 Å². The second-order valence-electron chi connectivity index (χ2n) is 3.13. The Morgan fingerprint density at radius 2 is 2.00 bits per heavy atom. The third-order valence-electron chi connectivity index (χ3n) is 1.89. The first-order valence-corrected chi connectivity index (χ1v) is 4.71. The largest absolute Gasteiger partial charge is 0.369 e. The molecule has 86 valence electrons. The van der Waals surface area contributed by atoms with E-state index in [0.717, 1.165) is 11.1 Å². The molecule has 0 fully saturated rings. The zero-order chi connectivity index (χ0) is 12.1. The average Bonchev–Trinajstić information content (AvgIpc) is 2.83. The van der Waals surface area contributed by atoms with Crippen LogP contribution in [0.2, 0.25) is 0 Å². The number of rotatable bonds is 3. The lowest BCUT2D eigenvalue weighted by Crippen LogP contribution is -2.21. The van der Waals surface area contributed by atoms with Gasteiger partial charge in [0.05, 0.1) is 6.21 Å². The van der Waals surface area contributed by atoms with Crippen molar-refractivity contribution in [3.8, 4) is 11.4 Å². The van der Waals surface area contributed by atoms with E-state index in [0.29, 0.717) is 5.82 Å². The fraction of sp³-hybridized carbons (Fsp3) is 0. The van der Waals surface area contributed by atoms with Gasteiger partial charge in [0.2, 0.25) is 11.8 Å². The van der Waals surface area contributed by atoms with Gasteiger partial charge in [0.25, 0.3) is 0 Å². The molecule has 17 heavy (non-hydrogen) atoms. The molecule has 0 radical (unpaired) electrons. The van der Waals surface area contributed by atoms with Crippen LogP contribution in [0.25, 0.3) is 11.4 Å². The van der Waals surface area contributed by atoms with E-state index < -0.39 is 0 Å². The van der Waals surface area contributed by atoms with Gasteiger partial charge in [-0.05, 0) is 10.8 Å². The van der Waals surface area contributed by atoms with Crippen molar-refractivity contribution < 1.29 is 0 Å². The summed E-state index contributed by atoms with van der Waals surface area (Å²) in [7, 11) is 0. The summed E-state index contributed by atoms with van der Waals surface area (Å²) in [5.41, 5.74) is 12.0. The topological polar surface area (TPSA) is 131 Å². The summed E-state index contributed by atoms with van der Waals surface area (Å²) in [6, 6.07) is 7.39. The van der Waals surface area contributed by atoms with Crippen LogP contribution in [0.1, 0.15) is 5.56 Å². The molecular weight excluding hydrogens is 220 g/mol. The van der Waals surface area contributed by atoms with Gasteiger partial charge in [-0.1, -0.05) is 24.3 Å². The van der Waals surface area contributed by atoms with Gasteiger partial charge in [0.15, 0.2) is 0 Å². The van der Waals surface area contributed by atoms with Crippen molar-refractivity contribution in [2.75, 3.05) is 0 Å². The standard InChI is InChI=1S/C9H10N8/c10-9(11)15-12-5-6-1-3-7(4-2-6)8-13-16-17-14-8/h1-5H,(H4,10,11,15)(H,13,14,16,17). The zero-order valence-corrected chi connectivity index (χ0v) is 8.78. The van der Waals surface area contributed by atoms with E-state index in [1.807, 2.05) is 24.3 Å². The molecule has 1 aromatic heterocycles. The SMILES string of the molecule is NC(N)=NN=Cc1ccc(-c2nn[nH]n2)cc1. The Balaban J connectivity index is 2.14. The molecule has 8 nitrogen and oxygen atoms in total. The smallest absolute Gasteiger partial charge is 0.211 e. The van der Waals surface area contributed by atoms with E-state index in [1.165, 1.54) is 0 Å². The van der Waals surface area contributed by atoms with E-state index in [1.54, 1.807) is 6.21 Å². The van der Waals surface area contributed by atoms with Crippen LogP contribution in [0.3, 0.4) is 0 Å². The van der Waals surface area contributed by atoms with Crippen molar-refractivity contribution in [2.24, 2.45) is 21.7 Å². The fourth-order valence-corrected chi connectivity index (χ4v) is 1.16. The predicted octanol–water partition coefficient (Wildman–Crippen LogP) is -0.526. The number of nitrogens with two attached hydrogens (primary N) is 2. The number of guanidine groups is 1. The quantitative estimate of drug-likeness (QED) is 0.370. The molecule has 0 bridgehead atoms. The number of aromatic nitrogens is 4. The maximum Gasteiger partial charge on any atom is 0.211 e. The molecule has 0 unspecified atom stereocenters. The summed E-state index contributed by atoms with van der Waals surface area (Å²) < 4.78 is 0. The minimum Gasteiger partial charge on any atom is -0.369 e. The van der Waals surface area contributed by atoms with Gasteiger partial charge in [-0.3, -0.25) is 0 Å². The first-order valence-electron chi connectivity index (χ1n) is 4.71. The first kappa shape index (κ1) is 10.7. The van der Waals surface area contributed by atoms with Crippen molar-refractivity contribution in [1.29, 1.82) is 0 Å². The van der Waals surface area contributed by atoms with E-state index in [2.05, 4.69) is 30.8 Å². The number of H-pyrrole nitrogens is 1. The highest BCUT2D eigenvalue weighted by atomic mass is 15.5. The number of tetrazole rings is 1. The molecule has 0 aliphatic heterocycles. The van der Waals surface area contributed by atoms with Crippen molar-refractivity contribution in [3.05, 3.63) is 29.8 Å². The van der Waals surface area contributed by atoms with Gasteiger partial charge in [0.1, 0.15) is 0 Å². The molecule has 2 aromatic rings. The molecule has 0 aliphatic rings. The number of nitrogens with zero attached hydrogens (tertiary/aromatic N) is 5. The average molecular weight is 230 g/mol. The Labute approximate surface area is 96.4 Å². The minimum absolute atomic E-state index is 0.0790. The third kappa shape index (κ3) is 2.84. The number of hydrogen-bond donors (Lipinski definition) is 3. The molecule has 0 atom stereocenters. The van der Waals surface area contributed by atoms with Crippen LogP contribution in [-0.4, -0.2) is 32.8 Å². The molecular formula is C9H10N8. The lowest BCUT2D eigenvalue weighted by molar-refractivity contribution is 0.881. The van der Waals surface area contributed by atoms with E-state index in [-0.39, 0.29) is 5.96 Å². The van der Waals surface area contributed by atoms with Gasteiger partial charge in [-0.25, -0.2) is 0 Å². The molecule has 2 rings (SSSR count). The normalized spacial score (nSPS) is 10.6. The minimum atomic E-state index is -0.0790. The van der Waals surface area contributed by atoms with Crippen LogP contribution in [0.15, 0.2) is 34.5 Å². The van der Waals surface area contributed by atoms with Gasteiger partial charge in [0, 0.05) is 5.56 Å². The van der Waals surface area contributed by atoms with Crippen LogP contribution in [0.4, 0.5) is 0 Å². The number of hydrogen-bond acceptors (Lipinski definition) is 5. The fourth-order valence-electron chi connectivity index (χ4n) is 1.16. The lowest BCUT2D eigenvalue weighted by Gasteiger charge is -1.94. The highest BCUT2D eigenvalue weighted by molar-refractivity contribution is 5.82. The van der Waals surface area contributed by atoms with E-state index in [9.17, 15) is 0 Å². The number of aromatic amines is 1. The maximum atomic E-state index is 5.13. The molecule has 1 aromatic carbocycles. The van der Waals surface area contributed by atoms with Gasteiger partial charge in [-0.15, -0.1) is 15.3 Å². The maximum absolute atomic E-state index is 5.13. The molecule has 8 heteroatoms. The Kier molecular flexibility index (Phi) is 3.05. The summed E-state index contributed by atoms with van der Waals surface area (Å²) in [5, 5.41) is 20.8. The van der Waals surface area contributed by atoms with Crippen molar-refractivity contribution >= 4 is 12.2 Å². The van der Waals surface area contributed by atoms with Gasteiger partial charge >= 0.3 is 0 Å². The molecule has 5 N–H and O–H groups in total. The molecule has 0 spiro atoms. The number of benzene rings is 1. The molecule has 0 aliphatic carbocycles. The zero-order valence-electron chi connectivity index (χ0n) is 8.78. The molecule has 1 heterocycles. The highest BCUT2D eigenvalue weighted by Gasteiger charge is 2.00. The summed E-state index contributed by atoms with van der Waals surface area (Å²) >= 11 is 0. The monoisotopic (exact) mass is 230 g/mol. The Morgan fingerprint density at radius 3 is 2.59 bits per heavy atom. The Hall–Kier alpha value is -2.77. The van der Waals surface area contributed by atoms with Crippen molar-refractivity contribution in [2.45, 2.75) is 0 Å². The summed E-state index contributed by atoms with van der Waals surface area (Å²) in [6.07, 6.45) is 1.54. The Morgan fingerprint density at radius 1 is 1.24 bits per heavy atom. The Bertz CT molecular complexity index is 521. The van der Waals surface area contributed by atoms with Gasteiger partial charge < -0.3 is 11.5 Å². The second-order valence-corrected chi connectivity index (χ2v) is 3.13. The summed E-state index contributed by atoms with van der Waals surface area (Å²) in [6.45, 7) is 0. The second kappa shape index (κ2) is 4.84. The van der Waals surface area contributed by atoms with Crippen LogP contribution >= 0.6 is 0 Å². The summed E-state index contributed by atoms with van der Waals surface area (Å²) in [4.78, 5) is 0. The number of nitrogens with one attached hydrogen (secondary N) is 1. The van der Waals surface area contributed by atoms with Crippen molar-refractivity contribution in [1.82, 2.24) is 20.6 Å². The predicted molar refractivity (Wildman–Crippen MR) is 63.0 cm³/mol. The van der Waals surface area contributed by atoms with Crippen LogP contribution in [0.5, 0.6) is 0 Å². The van der Waals surface area contributed by atoms with Crippen LogP contribution < -0.4 is 11.5 Å². The van der Waals surface area contributed by atoms with Crippen LogP contribution in [0, 0.1) is 0 Å². The van der Waals surface area contributed by atoms with Crippen molar-refractivity contribution in [3.63, 3.8) is 0 Å². The van der Waals surface area contributed by atoms with Gasteiger partial charge in [-0.2, -0.15) is 10.3 Å². The molecule has 0 amide bonds. The van der Waals surface area contributed by atoms with E-state index >= 15 is 0 Å². The lowest BCUT2D eigenvalue weighted by atomic mass is 10.1. The molecule has 0 saturated heterocycles. The third-order valence-corrected chi connectivity index (χ3v) is 1.89. The van der Waals surface area contributed by atoms with Crippen LogP contribution in [-0.2, 0) is 0 Å². The summed E-state index contributed by atoms with van der Waals surface area (Å²) in [5.74, 6) is 0.461. The first-order chi connectivity index (χ1) is 8.25. The highest BCUT2D eigenvalue weighted by Crippen LogP contribution is 2.12.